The van der Waals surface area contributed by atoms with Gasteiger partial charge in [0.2, 0.25) is 0 Å². The van der Waals surface area contributed by atoms with E-state index in [1.807, 2.05) is 45.2 Å². The van der Waals surface area contributed by atoms with Crippen LogP contribution >= 0.6 is 0 Å². The maximum atomic E-state index is 12.7. The highest BCUT2D eigenvalue weighted by molar-refractivity contribution is 7.84. The van der Waals surface area contributed by atoms with Crippen molar-refractivity contribution in [1.29, 1.82) is 0 Å². The third kappa shape index (κ3) is 3.67. The largest absolute Gasteiger partial charge is 0.469 e. The molecule has 136 valence electrons. The summed E-state index contributed by atoms with van der Waals surface area (Å²) in [5.74, 6) is 0.00544. The van der Waals surface area contributed by atoms with E-state index in [4.69, 9.17) is 0 Å². The average molecular weight is 371 g/mol. The highest BCUT2D eigenvalue weighted by atomic mass is 32.2. The number of aryl methyl sites for hydroxylation is 1. The molecule has 0 radical (unpaired) electrons. The van der Waals surface area contributed by atoms with E-state index in [9.17, 15) is 9.00 Å². The summed E-state index contributed by atoms with van der Waals surface area (Å²) in [5, 5.41) is 0.412. The Hall–Kier alpha value is -2.54. The van der Waals surface area contributed by atoms with Crippen LogP contribution in [0, 0.1) is 20.8 Å². The van der Waals surface area contributed by atoms with Crippen LogP contribution in [0.2, 0.25) is 0 Å². The molecular formula is C19H21N3O3S. The Labute approximate surface area is 154 Å². The number of aromatic nitrogens is 3. The molecule has 3 rings (SSSR count). The molecule has 0 saturated heterocycles. The quantitative estimate of drug-likeness (QED) is 0.697. The van der Waals surface area contributed by atoms with Gasteiger partial charge in [0.1, 0.15) is 0 Å². The molecule has 2 heterocycles. The number of aromatic amines is 1. The maximum absolute atomic E-state index is 12.7. The molecule has 1 atom stereocenters. The van der Waals surface area contributed by atoms with Gasteiger partial charge in [-0.05, 0) is 55.2 Å². The molecule has 0 aliphatic heterocycles. The Morgan fingerprint density at radius 2 is 2.00 bits per heavy atom. The van der Waals surface area contributed by atoms with Crippen molar-refractivity contribution in [2.24, 2.45) is 0 Å². The van der Waals surface area contributed by atoms with Crippen LogP contribution in [0.15, 0.2) is 29.6 Å². The fourth-order valence-electron chi connectivity index (χ4n) is 2.71. The van der Waals surface area contributed by atoms with Crippen molar-refractivity contribution in [3.05, 3.63) is 52.3 Å². The van der Waals surface area contributed by atoms with Crippen molar-refractivity contribution in [1.82, 2.24) is 15.0 Å². The first-order valence-electron chi connectivity index (χ1n) is 8.24. The number of rotatable bonds is 5. The van der Waals surface area contributed by atoms with Gasteiger partial charge in [0, 0.05) is 6.20 Å². The van der Waals surface area contributed by atoms with Gasteiger partial charge < -0.3 is 9.72 Å². The number of hydrogen-bond donors (Lipinski definition) is 1. The van der Waals surface area contributed by atoms with Crippen LogP contribution < -0.4 is 0 Å². The lowest BCUT2D eigenvalue weighted by molar-refractivity contribution is -0.139. The topological polar surface area (TPSA) is 84.9 Å². The van der Waals surface area contributed by atoms with Crippen molar-refractivity contribution in [2.45, 2.75) is 38.1 Å². The zero-order chi connectivity index (χ0) is 18.8. The number of H-pyrrole nitrogens is 1. The molecule has 7 heteroatoms. The number of benzene rings is 1. The van der Waals surface area contributed by atoms with Crippen LogP contribution in [-0.4, -0.2) is 32.2 Å². The van der Waals surface area contributed by atoms with Gasteiger partial charge in [0.15, 0.2) is 5.16 Å². The molecule has 0 spiro atoms. The van der Waals surface area contributed by atoms with Crippen LogP contribution in [0.4, 0.5) is 0 Å². The monoisotopic (exact) mass is 371 g/mol. The zero-order valence-electron chi connectivity index (χ0n) is 15.3. The minimum absolute atomic E-state index is 0.190. The van der Waals surface area contributed by atoms with Gasteiger partial charge in [0.25, 0.3) is 0 Å². The van der Waals surface area contributed by atoms with Gasteiger partial charge in [-0.3, -0.25) is 14.0 Å². The lowest BCUT2D eigenvalue weighted by Gasteiger charge is -2.09. The number of hydrogen-bond acceptors (Lipinski definition) is 5. The third-order valence-electron chi connectivity index (χ3n) is 4.59. The fourth-order valence-corrected chi connectivity index (χ4v) is 3.81. The van der Waals surface area contributed by atoms with E-state index in [-0.39, 0.29) is 12.4 Å². The molecular weight excluding hydrogens is 350 g/mol. The number of ether oxygens (including phenoxy) is 1. The molecule has 3 aromatic rings. The van der Waals surface area contributed by atoms with Crippen molar-refractivity contribution in [3.63, 3.8) is 0 Å². The predicted octanol–water partition coefficient (Wildman–Crippen LogP) is 2.91. The van der Waals surface area contributed by atoms with E-state index in [1.165, 1.54) is 12.7 Å². The van der Waals surface area contributed by atoms with E-state index in [0.717, 1.165) is 27.9 Å². The summed E-state index contributed by atoms with van der Waals surface area (Å²) in [4.78, 5) is 23.4. The lowest BCUT2D eigenvalue weighted by atomic mass is 10.1. The van der Waals surface area contributed by atoms with Crippen molar-refractivity contribution in [2.75, 3.05) is 7.11 Å². The predicted molar refractivity (Wildman–Crippen MR) is 100 cm³/mol. The second-order valence-corrected chi connectivity index (χ2v) is 7.64. The standard InChI is InChI=1S/C19H21N3O3S/c1-11-9-20-17(13(3)12(11)2)10-26(24)19-21-15-6-5-14(7-16(15)22-19)8-18(23)25-4/h5-7,9H,8,10H2,1-4H3,(H,21,22). The third-order valence-corrected chi connectivity index (χ3v) is 5.75. The highest BCUT2D eigenvalue weighted by Crippen LogP contribution is 2.20. The molecule has 1 unspecified atom stereocenters. The maximum Gasteiger partial charge on any atom is 0.309 e. The molecule has 0 amide bonds. The summed E-state index contributed by atoms with van der Waals surface area (Å²) >= 11 is 0. The van der Waals surface area contributed by atoms with Crippen LogP contribution in [-0.2, 0) is 32.5 Å². The Bertz CT molecular complexity index is 1010. The minimum atomic E-state index is -1.33. The molecule has 2 aromatic heterocycles. The first-order valence-corrected chi connectivity index (χ1v) is 9.56. The molecule has 0 aliphatic rings. The molecule has 26 heavy (non-hydrogen) atoms. The number of imidazole rings is 1. The van der Waals surface area contributed by atoms with Crippen molar-refractivity contribution >= 4 is 27.8 Å². The molecule has 0 bridgehead atoms. The summed E-state index contributed by atoms with van der Waals surface area (Å²) in [6.07, 6.45) is 2.00. The second-order valence-electron chi connectivity index (χ2n) is 6.27. The summed E-state index contributed by atoms with van der Waals surface area (Å²) in [6, 6.07) is 5.46. The van der Waals surface area contributed by atoms with E-state index < -0.39 is 10.8 Å². The molecule has 1 N–H and O–H groups in total. The number of nitrogens with one attached hydrogen (secondary N) is 1. The summed E-state index contributed by atoms with van der Waals surface area (Å²) in [6.45, 7) is 6.06. The van der Waals surface area contributed by atoms with Gasteiger partial charge in [0.05, 0.1) is 46.8 Å². The van der Waals surface area contributed by atoms with Crippen molar-refractivity contribution < 1.29 is 13.7 Å². The van der Waals surface area contributed by atoms with Gasteiger partial charge in [-0.1, -0.05) is 6.07 Å². The fraction of sp³-hybridized carbons (Fsp3) is 0.316. The molecule has 6 nitrogen and oxygen atoms in total. The van der Waals surface area contributed by atoms with Gasteiger partial charge in [-0.15, -0.1) is 0 Å². The molecule has 1 aromatic carbocycles. The first kappa shape index (κ1) is 18.3. The summed E-state index contributed by atoms with van der Waals surface area (Å²) < 4.78 is 17.4. The summed E-state index contributed by atoms with van der Waals surface area (Å²) in [7, 11) is 0.0303. The second kappa shape index (κ2) is 7.37. The van der Waals surface area contributed by atoms with Crippen molar-refractivity contribution in [3.8, 4) is 0 Å². The zero-order valence-corrected chi connectivity index (χ0v) is 16.1. The molecule has 0 aliphatic carbocycles. The number of carbonyl (C=O) groups excluding carboxylic acids is 1. The van der Waals surface area contributed by atoms with Gasteiger partial charge in [-0.25, -0.2) is 4.98 Å². The smallest absolute Gasteiger partial charge is 0.309 e. The summed E-state index contributed by atoms with van der Waals surface area (Å²) in [5.41, 5.74) is 6.46. The molecule has 0 saturated carbocycles. The molecule has 0 fully saturated rings. The normalized spacial score (nSPS) is 12.3. The number of nitrogens with zero attached hydrogens (tertiary/aromatic N) is 2. The lowest BCUT2D eigenvalue weighted by Crippen LogP contribution is -2.04. The number of esters is 1. The Morgan fingerprint density at radius 3 is 2.73 bits per heavy atom. The van der Waals surface area contributed by atoms with Gasteiger partial charge >= 0.3 is 5.97 Å². The minimum Gasteiger partial charge on any atom is -0.469 e. The number of fused-ring (bicyclic) bond motifs is 1. The Kier molecular flexibility index (Phi) is 5.18. The Morgan fingerprint density at radius 1 is 1.23 bits per heavy atom. The highest BCUT2D eigenvalue weighted by Gasteiger charge is 2.15. The number of methoxy groups -OCH3 is 1. The van der Waals surface area contributed by atoms with E-state index in [2.05, 4.69) is 19.7 Å². The van der Waals surface area contributed by atoms with Crippen LogP contribution in [0.1, 0.15) is 27.9 Å². The Balaban J connectivity index is 1.85. The number of pyridine rings is 1. The van der Waals surface area contributed by atoms with Gasteiger partial charge in [-0.2, -0.15) is 0 Å². The van der Waals surface area contributed by atoms with Crippen LogP contribution in [0.5, 0.6) is 0 Å². The van der Waals surface area contributed by atoms with E-state index >= 15 is 0 Å². The van der Waals surface area contributed by atoms with Crippen LogP contribution in [0.3, 0.4) is 0 Å². The van der Waals surface area contributed by atoms with E-state index in [1.54, 1.807) is 0 Å². The van der Waals surface area contributed by atoms with Crippen LogP contribution in [0.25, 0.3) is 11.0 Å². The average Bonchev–Trinajstić information content (AvgIpc) is 3.05. The van der Waals surface area contributed by atoms with E-state index in [0.29, 0.717) is 16.4 Å². The first-order chi connectivity index (χ1) is 12.4. The number of carbonyl (C=O) groups is 1. The SMILES string of the molecule is COC(=O)Cc1ccc2nc(S(=O)Cc3ncc(C)c(C)c3C)[nH]c2c1.